The van der Waals surface area contributed by atoms with E-state index in [0.29, 0.717) is 17.7 Å². The molecule has 1 saturated heterocycles. The van der Waals surface area contributed by atoms with Gasteiger partial charge in [-0.2, -0.15) is 14.5 Å². The monoisotopic (exact) mass is 480 g/mol. The molecule has 2 N–H and O–H groups in total. The summed E-state index contributed by atoms with van der Waals surface area (Å²) in [5, 5.41) is 6.18. The average Bonchev–Trinajstić information content (AvgIpc) is 3.49. The van der Waals surface area contributed by atoms with E-state index >= 15 is 0 Å². The molecule has 0 saturated carbocycles. The van der Waals surface area contributed by atoms with Gasteiger partial charge in [-0.15, -0.1) is 0 Å². The number of nitrogens with one attached hydrogen (secondary N) is 2. The van der Waals surface area contributed by atoms with Crippen LogP contribution in [-0.4, -0.2) is 42.8 Å². The number of imide groups is 1. The Bertz CT molecular complexity index is 1140. The summed E-state index contributed by atoms with van der Waals surface area (Å²) in [5.41, 5.74) is 1.13. The van der Waals surface area contributed by atoms with E-state index in [0.717, 1.165) is 18.5 Å². The molecule has 0 aliphatic carbocycles. The molecule has 35 heavy (non-hydrogen) atoms. The quantitative estimate of drug-likeness (QED) is 0.374. The van der Waals surface area contributed by atoms with Crippen LogP contribution in [0.1, 0.15) is 48.7 Å². The summed E-state index contributed by atoms with van der Waals surface area (Å²) >= 11 is 0. The maximum absolute atomic E-state index is 13.5. The van der Waals surface area contributed by atoms with Crippen LogP contribution < -0.4 is 15.1 Å². The Morgan fingerprint density at radius 3 is 2.54 bits per heavy atom. The van der Waals surface area contributed by atoms with Gasteiger partial charge in [-0.05, 0) is 51.4 Å². The number of nitrogens with zero attached hydrogens (tertiary/aromatic N) is 1. The van der Waals surface area contributed by atoms with Gasteiger partial charge >= 0.3 is 12.2 Å². The van der Waals surface area contributed by atoms with Gasteiger partial charge in [0.2, 0.25) is 0 Å². The molecule has 2 aromatic carbocycles. The molecule has 0 spiro atoms. The third kappa shape index (κ3) is 5.43. The molecule has 2 atom stereocenters. The van der Waals surface area contributed by atoms with Gasteiger partial charge in [0.1, 0.15) is 18.4 Å². The number of carbonyl (C=O) groups is 3. The fraction of sp³-hybridized carbons (Fsp3) is 0.346. The van der Waals surface area contributed by atoms with Crippen LogP contribution in [0.4, 0.5) is 15.3 Å². The zero-order valence-corrected chi connectivity index (χ0v) is 20.1. The Hall–Kier alpha value is -3.53. The zero-order valence-electron chi connectivity index (χ0n) is 20.1. The Morgan fingerprint density at radius 1 is 1.09 bits per heavy atom. The summed E-state index contributed by atoms with van der Waals surface area (Å²) in [7, 11) is 0. The molecule has 0 radical (unpaired) electrons. The number of rotatable bonds is 5. The van der Waals surface area contributed by atoms with E-state index in [9.17, 15) is 14.4 Å². The van der Waals surface area contributed by atoms with E-state index in [-0.39, 0.29) is 24.2 Å². The van der Waals surface area contributed by atoms with E-state index in [4.69, 9.17) is 14.5 Å². The lowest BCUT2D eigenvalue weighted by atomic mass is 10.1. The Balaban J connectivity index is 1.64. The highest BCUT2D eigenvalue weighted by Gasteiger charge is 2.55. The molecular weight excluding hydrogens is 450 g/mol. The Labute approximate surface area is 204 Å². The number of benzene rings is 2. The maximum Gasteiger partial charge on any atom is 0.568 e. The minimum absolute atomic E-state index is 0.0223. The second kappa shape index (κ2) is 9.99. The summed E-state index contributed by atoms with van der Waals surface area (Å²) in [6.07, 6.45) is 1.98. The van der Waals surface area contributed by atoms with Crippen molar-refractivity contribution in [2.45, 2.75) is 45.4 Å². The number of amides is 3. The zero-order chi connectivity index (χ0) is 25.1. The highest BCUT2D eigenvalue weighted by molar-refractivity contribution is 6.10. The second-order valence-electron chi connectivity index (χ2n) is 9.56. The number of quaternary nitrogens is 1. The highest BCUT2D eigenvalue weighted by Crippen LogP contribution is 2.39. The number of fused-ring (bicyclic) bond motifs is 1. The molecule has 0 aromatic heterocycles. The lowest BCUT2D eigenvalue weighted by molar-refractivity contribution is -0.303. The average molecular weight is 481 g/mol. The van der Waals surface area contributed by atoms with Gasteiger partial charge in [0.15, 0.2) is 5.69 Å². The van der Waals surface area contributed by atoms with Crippen molar-refractivity contribution in [1.82, 2.24) is 15.1 Å². The van der Waals surface area contributed by atoms with Crippen LogP contribution in [0, 0.1) is 0 Å². The first-order chi connectivity index (χ1) is 16.7. The molecular formula is C26H30N3O6+. The van der Waals surface area contributed by atoms with Crippen LogP contribution in [0.25, 0.3) is 6.08 Å². The van der Waals surface area contributed by atoms with Gasteiger partial charge in [-0.3, -0.25) is 4.79 Å². The third-order valence-corrected chi connectivity index (χ3v) is 5.69. The topological polar surface area (TPSA) is 103 Å². The third-order valence-electron chi connectivity index (χ3n) is 5.69. The minimum Gasteiger partial charge on any atom is -0.414 e. The van der Waals surface area contributed by atoms with E-state index in [1.165, 1.54) is 12.3 Å². The first-order valence-electron chi connectivity index (χ1n) is 11.5. The van der Waals surface area contributed by atoms with Crippen molar-refractivity contribution in [1.29, 1.82) is 0 Å². The number of ether oxygens (including phenoxy) is 1. The summed E-state index contributed by atoms with van der Waals surface area (Å²) in [6, 6.07) is 14.0. The Kier molecular flexibility index (Phi) is 7.02. The molecule has 0 bridgehead atoms. The molecule has 2 aliphatic heterocycles. The normalized spacial score (nSPS) is 20.8. The van der Waals surface area contributed by atoms with Gasteiger partial charge in [-0.1, -0.05) is 34.8 Å². The molecule has 9 nitrogen and oxygen atoms in total. The fourth-order valence-electron chi connectivity index (χ4n) is 3.88. The molecule has 4 rings (SSSR count). The molecule has 184 valence electrons. The van der Waals surface area contributed by atoms with Crippen molar-refractivity contribution in [3.05, 3.63) is 71.4 Å². The molecule has 9 heteroatoms. The lowest BCUT2D eigenvalue weighted by Gasteiger charge is -2.25. The van der Waals surface area contributed by atoms with Gasteiger partial charge in [0.25, 0.3) is 5.91 Å². The summed E-state index contributed by atoms with van der Waals surface area (Å²) in [6.45, 7) is 6.64. The van der Waals surface area contributed by atoms with Crippen LogP contribution in [-0.2, 0) is 21.1 Å². The van der Waals surface area contributed by atoms with Crippen molar-refractivity contribution in [2.75, 3.05) is 13.1 Å². The summed E-state index contributed by atoms with van der Waals surface area (Å²) < 4.78 is 4.53. The molecule has 2 aromatic rings. The predicted octanol–water partition coefficient (Wildman–Crippen LogP) is 4.27. The smallest absolute Gasteiger partial charge is 0.414 e. The van der Waals surface area contributed by atoms with Crippen LogP contribution in [0.2, 0.25) is 0 Å². The van der Waals surface area contributed by atoms with E-state index < -0.39 is 22.3 Å². The number of carbonyl (C=O) groups excluding carboxylic acids is 3. The molecule has 1 unspecified atom stereocenters. The second-order valence-corrected chi connectivity index (χ2v) is 9.56. The first-order valence-corrected chi connectivity index (χ1v) is 11.5. The van der Waals surface area contributed by atoms with Crippen molar-refractivity contribution in [3.63, 3.8) is 0 Å². The maximum atomic E-state index is 13.5. The fourth-order valence-corrected chi connectivity index (χ4v) is 3.88. The van der Waals surface area contributed by atoms with Gasteiger partial charge in [0.05, 0.1) is 0 Å². The van der Waals surface area contributed by atoms with Crippen LogP contribution in [0.15, 0.2) is 54.7 Å². The molecule has 2 aliphatic rings. The number of hydrogen-bond acceptors (Lipinski definition) is 7. The van der Waals surface area contributed by atoms with Crippen LogP contribution >= 0.6 is 0 Å². The van der Waals surface area contributed by atoms with Crippen molar-refractivity contribution < 1.29 is 28.9 Å². The van der Waals surface area contributed by atoms with Crippen molar-refractivity contribution in [3.8, 4) is 0 Å². The molecule has 1 fully saturated rings. The standard InChI is InChI=1S/C26H29N3O6/c1-26(2,3)35-34-25(32)29(24(31)33-17-18-7-5-4-6-8-18)14-12-19-9-10-20(15-22(19)29)23(30)28-21-11-13-27-16-21/h4-10,12,14-15,21,27H,11,13,16-17H2,1-3H3/p+1/t21-,29?/m0/s1. The number of hydrogen-bond donors (Lipinski definition) is 2. The largest absolute Gasteiger partial charge is 0.568 e. The lowest BCUT2D eigenvalue weighted by Crippen LogP contribution is -2.54. The predicted molar refractivity (Wildman–Crippen MR) is 130 cm³/mol. The first kappa shape index (κ1) is 24.6. The van der Waals surface area contributed by atoms with Crippen molar-refractivity contribution in [2.24, 2.45) is 0 Å². The van der Waals surface area contributed by atoms with E-state index in [1.807, 2.05) is 30.3 Å². The van der Waals surface area contributed by atoms with Gasteiger partial charge in [-0.25, -0.2) is 4.89 Å². The highest BCUT2D eigenvalue weighted by atomic mass is 17.2. The van der Waals surface area contributed by atoms with Gasteiger partial charge in [0, 0.05) is 35.9 Å². The summed E-state index contributed by atoms with van der Waals surface area (Å²) in [5.74, 6) is -0.288. The van der Waals surface area contributed by atoms with Crippen LogP contribution in [0.5, 0.6) is 0 Å². The van der Waals surface area contributed by atoms with E-state index in [2.05, 4.69) is 10.6 Å². The Morgan fingerprint density at radius 2 is 1.86 bits per heavy atom. The minimum atomic E-state index is -1.02. The van der Waals surface area contributed by atoms with Crippen LogP contribution in [0.3, 0.4) is 0 Å². The molecule has 3 amide bonds. The summed E-state index contributed by atoms with van der Waals surface area (Å²) in [4.78, 5) is 50.0. The molecule has 2 heterocycles. The van der Waals surface area contributed by atoms with E-state index in [1.54, 1.807) is 39.0 Å². The van der Waals surface area contributed by atoms with Crippen molar-refractivity contribution >= 4 is 29.9 Å². The SMILES string of the molecule is CC(C)(C)OOC(=O)[N+]1(C(=O)OCc2ccccc2)C=Cc2ccc(C(=O)N[C@H]3CCNC3)cc21. The van der Waals surface area contributed by atoms with Gasteiger partial charge < -0.3 is 15.4 Å².